The Labute approximate surface area is 158 Å². The van der Waals surface area contributed by atoms with Gasteiger partial charge in [0.25, 0.3) is 0 Å². The van der Waals surface area contributed by atoms with Gasteiger partial charge in [-0.2, -0.15) is 13.2 Å². The number of hydrogen-bond donors (Lipinski definition) is 0. The first-order valence-electron chi connectivity index (χ1n) is 7.32. The van der Waals surface area contributed by atoms with Crippen LogP contribution in [0, 0.1) is 40.5 Å². The number of hydrogen-bond acceptors (Lipinski definition) is 2. The highest BCUT2D eigenvalue weighted by atomic mass is 35.5. The molecule has 0 bridgehead atoms. The first kappa shape index (κ1) is 21.8. The summed E-state index contributed by atoms with van der Waals surface area (Å²) in [6.45, 7) is 1.75. The molecule has 1 aliphatic rings. The first-order chi connectivity index (χ1) is 12.2. The highest BCUT2D eigenvalue weighted by molar-refractivity contribution is 6.31. The van der Waals surface area contributed by atoms with Crippen LogP contribution >= 0.6 is 23.2 Å². The highest BCUT2D eigenvalue weighted by Crippen LogP contribution is 2.60. The molecule has 0 aromatic heterocycles. The molecule has 0 saturated heterocycles. The number of benzene rings is 1. The second kappa shape index (κ2) is 7.16. The number of carbonyl (C=O) groups excluding carboxylic acids is 1. The summed E-state index contributed by atoms with van der Waals surface area (Å²) >= 11 is 10.2. The third kappa shape index (κ3) is 4.03. The van der Waals surface area contributed by atoms with Crippen molar-refractivity contribution in [1.82, 2.24) is 0 Å². The molecule has 0 heterocycles. The third-order valence-electron chi connectivity index (χ3n) is 4.42. The molecule has 11 heteroatoms. The Bertz CT molecular complexity index is 789. The van der Waals surface area contributed by atoms with Crippen LogP contribution in [-0.4, -0.2) is 12.1 Å². The van der Waals surface area contributed by atoms with Crippen LogP contribution in [0.5, 0.6) is 0 Å². The predicted molar refractivity (Wildman–Crippen MR) is 81.8 cm³/mol. The highest BCUT2D eigenvalue weighted by Gasteiger charge is 2.62. The number of rotatable bonds is 4. The Morgan fingerprint density at radius 2 is 1.59 bits per heavy atom. The van der Waals surface area contributed by atoms with E-state index in [0.29, 0.717) is 6.08 Å². The third-order valence-corrected chi connectivity index (χ3v) is 5.09. The summed E-state index contributed by atoms with van der Waals surface area (Å²) in [4.78, 5) is 12.1. The maximum atomic E-state index is 13.7. The smallest absolute Gasteiger partial charge is 0.426 e. The normalized spacial score (nSPS) is 22.0. The average Bonchev–Trinajstić information content (AvgIpc) is 3.10. The molecule has 1 aliphatic carbocycles. The standard InChI is InChI=1S/C16H11Cl2F7O2/c1-15(2)6(3-7(17)16(23,24)25)8(15)14(26)27-4-5-10(19)12(21)9(18)13(22)11(5)20/h3,6,8H,4H2,1-2H3/t6-,8-/m1/s1. The number of esters is 1. The van der Waals surface area contributed by atoms with Gasteiger partial charge in [-0.1, -0.05) is 43.1 Å². The summed E-state index contributed by atoms with van der Waals surface area (Å²) in [5.41, 5.74) is -2.17. The number of allylic oxidation sites excluding steroid dienone is 2. The van der Waals surface area contributed by atoms with Crippen LogP contribution in [0.15, 0.2) is 11.1 Å². The molecule has 2 rings (SSSR count). The van der Waals surface area contributed by atoms with Crippen LogP contribution in [0.3, 0.4) is 0 Å². The van der Waals surface area contributed by atoms with Crippen molar-refractivity contribution >= 4 is 29.2 Å². The van der Waals surface area contributed by atoms with Crippen molar-refractivity contribution in [2.75, 3.05) is 0 Å². The van der Waals surface area contributed by atoms with E-state index < -0.39 is 74.9 Å². The van der Waals surface area contributed by atoms with Gasteiger partial charge >= 0.3 is 12.1 Å². The molecule has 150 valence electrons. The summed E-state index contributed by atoms with van der Waals surface area (Å²) in [6.07, 6.45) is -4.14. The van der Waals surface area contributed by atoms with Gasteiger partial charge in [0, 0.05) is 0 Å². The minimum absolute atomic E-state index is 0.649. The van der Waals surface area contributed by atoms with Crippen molar-refractivity contribution in [3.8, 4) is 0 Å². The van der Waals surface area contributed by atoms with E-state index in [1.165, 1.54) is 13.8 Å². The van der Waals surface area contributed by atoms with Crippen LogP contribution in [-0.2, 0) is 16.1 Å². The van der Waals surface area contributed by atoms with Gasteiger partial charge in [0.2, 0.25) is 0 Å². The van der Waals surface area contributed by atoms with E-state index in [4.69, 9.17) is 23.2 Å². The lowest BCUT2D eigenvalue weighted by Crippen LogP contribution is -2.14. The lowest BCUT2D eigenvalue weighted by molar-refractivity contribution is -0.147. The number of carbonyl (C=O) groups is 1. The lowest BCUT2D eigenvalue weighted by atomic mass is 10.1. The molecule has 1 aromatic rings. The molecule has 1 saturated carbocycles. The maximum absolute atomic E-state index is 13.7. The van der Waals surface area contributed by atoms with Crippen molar-refractivity contribution in [3.63, 3.8) is 0 Å². The van der Waals surface area contributed by atoms with E-state index in [2.05, 4.69) is 4.74 Å². The van der Waals surface area contributed by atoms with Gasteiger partial charge in [0.15, 0.2) is 23.3 Å². The molecule has 1 aromatic carbocycles. The van der Waals surface area contributed by atoms with E-state index >= 15 is 0 Å². The van der Waals surface area contributed by atoms with Crippen molar-refractivity contribution in [2.24, 2.45) is 17.3 Å². The van der Waals surface area contributed by atoms with E-state index in [1.807, 2.05) is 0 Å². The Hall–Kier alpha value is -1.48. The van der Waals surface area contributed by atoms with Gasteiger partial charge < -0.3 is 4.74 Å². The Kier molecular flexibility index (Phi) is 5.79. The summed E-state index contributed by atoms with van der Waals surface area (Å²) in [5.74, 6) is -10.5. The Morgan fingerprint density at radius 1 is 1.11 bits per heavy atom. The van der Waals surface area contributed by atoms with Crippen molar-refractivity contribution in [1.29, 1.82) is 0 Å². The molecule has 2 nitrogen and oxygen atoms in total. The van der Waals surface area contributed by atoms with Gasteiger partial charge in [-0.25, -0.2) is 17.6 Å². The fourth-order valence-electron chi connectivity index (χ4n) is 2.70. The van der Waals surface area contributed by atoms with Gasteiger partial charge in [-0.3, -0.25) is 4.79 Å². The second-order valence-corrected chi connectivity index (χ2v) is 7.28. The van der Waals surface area contributed by atoms with Gasteiger partial charge in [-0.15, -0.1) is 0 Å². The van der Waals surface area contributed by atoms with Gasteiger partial charge in [-0.05, 0) is 11.3 Å². The molecule has 27 heavy (non-hydrogen) atoms. The van der Waals surface area contributed by atoms with Gasteiger partial charge in [0.1, 0.15) is 16.7 Å². The van der Waals surface area contributed by atoms with Crippen LogP contribution in [0.4, 0.5) is 30.7 Å². The van der Waals surface area contributed by atoms with Gasteiger partial charge in [0.05, 0.1) is 11.5 Å². The SMILES string of the molecule is CC1(C)[C@H](C=C(Cl)C(F)(F)F)[C@@H]1C(=O)OCc1c(F)c(F)c(Cl)c(F)c1F. The van der Waals surface area contributed by atoms with E-state index in [1.54, 1.807) is 0 Å². The number of alkyl halides is 3. The lowest BCUT2D eigenvalue weighted by Gasteiger charge is -2.10. The molecule has 0 amide bonds. The topological polar surface area (TPSA) is 26.3 Å². The van der Waals surface area contributed by atoms with Crippen LogP contribution in [0.1, 0.15) is 19.4 Å². The van der Waals surface area contributed by atoms with E-state index in [0.717, 1.165) is 0 Å². The van der Waals surface area contributed by atoms with Crippen LogP contribution in [0.25, 0.3) is 0 Å². The van der Waals surface area contributed by atoms with Crippen molar-refractivity contribution in [2.45, 2.75) is 26.6 Å². The monoisotopic (exact) mass is 438 g/mol. The summed E-state index contributed by atoms with van der Waals surface area (Å²) in [6, 6.07) is 0. The number of ether oxygens (including phenoxy) is 1. The maximum Gasteiger partial charge on any atom is 0.426 e. The molecule has 2 atom stereocenters. The van der Waals surface area contributed by atoms with E-state index in [-0.39, 0.29) is 0 Å². The first-order valence-corrected chi connectivity index (χ1v) is 8.08. The van der Waals surface area contributed by atoms with Crippen molar-refractivity contribution < 1.29 is 40.3 Å². The molecular formula is C16H11Cl2F7O2. The van der Waals surface area contributed by atoms with Crippen LogP contribution in [0.2, 0.25) is 5.02 Å². The Balaban J connectivity index is 2.16. The average molecular weight is 439 g/mol. The predicted octanol–water partition coefficient (Wildman–Crippen LogP) is 5.90. The Morgan fingerprint density at radius 3 is 2.04 bits per heavy atom. The fraction of sp³-hybridized carbons (Fsp3) is 0.438. The van der Waals surface area contributed by atoms with Crippen molar-refractivity contribution in [3.05, 3.63) is 45.0 Å². The zero-order valence-electron chi connectivity index (χ0n) is 13.7. The zero-order chi connectivity index (χ0) is 20.9. The largest absolute Gasteiger partial charge is 0.460 e. The molecule has 1 fully saturated rings. The van der Waals surface area contributed by atoms with E-state index in [9.17, 15) is 35.5 Å². The zero-order valence-corrected chi connectivity index (χ0v) is 15.2. The minimum atomic E-state index is -4.79. The molecule has 0 unspecified atom stereocenters. The minimum Gasteiger partial charge on any atom is -0.460 e. The molecule has 0 spiro atoms. The van der Waals surface area contributed by atoms with Crippen LogP contribution < -0.4 is 0 Å². The summed E-state index contributed by atoms with van der Waals surface area (Å²) in [7, 11) is 0. The molecule has 0 N–H and O–H groups in total. The second-order valence-electron chi connectivity index (χ2n) is 6.49. The molecular weight excluding hydrogens is 428 g/mol. The number of halogens is 9. The fourth-order valence-corrected chi connectivity index (χ4v) is 3.00. The summed E-state index contributed by atoms with van der Waals surface area (Å²) < 4.78 is 96.3. The molecule has 0 aliphatic heterocycles. The molecule has 0 radical (unpaired) electrons. The quantitative estimate of drug-likeness (QED) is 0.253. The summed E-state index contributed by atoms with van der Waals surface area (Å²) in [5, 5.41) is -2.81.